The van der Waals surface area contributed by atoms with Crippen LogP contribution in [0.25, 0.3) is 11.1 Å². The lowest BCUT2D eigenvalue weighted by molar-refractivity contribution is -0.385. The average Bonchev–Trinajstić information content (AvgIpc) is 3.42. The summed E-state index contributed by atoms with van der Waals surface area (Å²) in [6.45, 7) is 12.6. The summed E-state index contributed by atoms with van der Waals surface area (Å²) < 4.78 is 12.7. The van der Waals surface area contributed by atoms with E-state index >= 15 is 0 Å². The van der Waals surface area contributed by atoms with Gasteiger partial charge >= 0.3 is 11.8 Å². The molecule has 3 aliphatic heterocycles. The Morgan fingerprint density at radius 1 is 1.00 bits per heavy atom. The summed E-state index contributed by atoms with van der Waals surface area (Å²) in [5.74, 6) is 2.39. The van der Waals surface area contributed by atoms with E-state index in [2.05, 4.69) is 14.9 Å². The number of aromatic nitrogens is 2. The highest BCUT2D eigenvalue weighted by Gasteiger charge is 2.33. The maximum Gasteiger partial charge on any atom is 0.410 e. The second kappa shape index (κ2) is 13.1. The summed E-state index contributed by atoms with van der Waals surface area (Å²) in [5, 5.41) is 16.1. The number of aryl methyl sites for hydroxylation is 1. The molecule has 43 heavy (non-hydrogen) atoms. The average molecular weight is 597 g/mol. The van der Waals surface area contributed by atoms with Gasteiger partial charge in [-0.25, -0.2) is 4.79 Å². The number of nitro benzene ring substituents is 1. The first kappa shape index (κ1) is 31.1. The predicted octanol–water partition coefficient (Wildman–Crippen LogP) is 5.58. The Bertz CT molecular complexity index is 1270. The molecule has 1 amide bonds. The highest BCUT2D eigenvalue weighted by atomic mass is 16.6. The van der Waals surface area contributed by atoms with E-state index in [9.17, 15) is 14.9 Å². The predicted molar refractivity (Wildman–Crippen MR) is 166 cm³/mol. The van der Waals surface area contributed by atoms with E-state index in [1.54, 1.807) is 16.9 Å². The van der Waals surface area contributed by atoms with Gasteiger partial charge in [0.25, 0.3) is 0 Å². The molecule has 1 aromatic heterocycles. The summed E-state index contributed by atoms with van der Waals surface area (Å²) in [4.78, 5) is 30.7. The number of piperidine rings is 3. The van der Waals surface area contributed by atoms with E-state index < -0.39 is 5.60 Å². The van der Waals surface area contributed by atoms with Crippen LogP contribution in [0.5, 0.6) is 5.75 Å². The van der Waals surface area contributed by atoms with Crippen LogP contribution in [0.3, 0.4) is 0 Å². The van der Waals surface area contributed by atoms with E-state index in [0.717, 1.165) is 94.2 Å². The van der Waals surface area contributed by atoms with Gasteiger partial charge in [-0.15, -0.1) is 0 Å². The van der Waals surface area contributed by atoms with Gasteiger partial charge in [0.2, 0.25) is 0 Å². The van der Waals surface area contributed by atoms with Crippen molar-refractivity contribution >= 4 is 17.5 Å². The molecule has 0 unspecified atom stereocenters. The topological polar surface area (TPSA) is 106 Å². The monoisotopic (exact) mass is 596 g/mol. The van der Waals surface area contributed by atoms with Crippen LogP contribution in [0.15, 0.2) is 24.5 Å². The molecular weight excluding hydrogens is 548 g/mol. The molecule has 0 radical (unpaired) electrons. The fourth-order valence-electron chi connectivity index (χ4n) is 7.13. The van der Waals surface area contributed by atoms with Gasteiger partial charge in [-0.05, 0) is 90.1 Å². The summed E-state index contributed by atoms with van der Waals surface area (Å²) >= 11 is 0. The number of rotatable bonds is 7. The van der Waals surface area contributed by atoms with Crippen LogP contribution in [-0.4, -0.2) is 89.1 Å². The Labute approximate surface area is 255 Å². The van der Waals surface area contributed by atoms with Gasteiger partial charge in [0.15, 0.2) is 5.75 Å². The van der Waals surface area contributed by atoms with Crippen molar-refractivity contribution in [2.75, 3.05) is 57.8 Å². The smallest absolute Gasteiger partial charge is 0.410 e. The Morgan fingerprint density at radius 3 is 2.16 bits per heavy atom. The summed E-state index contributed by atoms with van der Waals surface area (Å²) in [6.07, 6.45) is 10.3. The minimum Gasteiger partial charge on any atom is -0.490 e. The number of benzene rings is 1. The largest absolute Gasteiger partial charge is 0.490 e. The minimum absolute atomic E-state index is 0.0275. The number of nitrogens with zero attached hydrogens (tertiary/aromatic N) is 6. The van der Waals surface area contributed by atoms with Gasteiger partial charge in [0.05, 0.1) is 18.2 Å². The van der Waals surface area contributed by atoms with Gasteiger partial charge in [0, 0.05) is 74.9 Å². The van der Waals surface area contributed by atoms with Gasteiger partial charge in [0.1, 0.15) is 5.60 Å². The van der Waals surface area contributed by atoms with Crippen molar-refractivity contribution in [3.05, 3.63) is 34.6 Å². The molecule has 11 heteroatoms. The van der Waals surface area contributed by atoms with Gasteiger partial charge in [-0.2, -0.15) is 5.10 Å². The number of anilines is 1. The van der Waals surface area contributed by atoms with Crippen molar-refractivity contribution in [1.82, 2.24) is 19.6 Å². The number of ether oxygens (including phenoxy) is 2. The fourth-order valence-corrected chi connectivity index (χ4v) is 7.13. The quantitative estimate of drug-likeness (QED) is 0.301. The van der Waals surface area contributed by atoms with Crippen LogP contribution in [0.2, 0.25) is 0 Å². The van der Waals surface area contributed by atoms with Crippen molar-refractivity contribution in [3.63, 3.8) is 0 Å². The number of carbonyl (C=O) groups is 1. The van der Waals surface area contributed by atoms with Crippen molar-refractivity contribution in [3.8, 4) is 16.9 Å². The van der Waals surface area contributed by atoms with Gasteiger partial charge < -0.3 is 24.2 Å². The summed E-state index contributed by atoms with van der Waals surface area (Å²) in [6, 6.07) is 3.46. The number of likely N-dealkylation sites (tertiary alicyclic amines) is 2. The molecule has 2 aromatic rings. The zero-order valence-electron chi connectivity index (χ0n) is 26.5. The molecule has 11 nitrogen and oxygen atoms in total. The molecular formula is C32H48N6O5. The highest BCUT2D eigenvalue weighted by Crippen LogP contribution is 2.42. The van der Waals surface area contributed by atoms with Crippen LogP contribution in [0.1, 0.15) is 59.3 Å². The molecule has 3 aliphatic rings. The number of hydrogen-bond donors (Lipinski definition) is 0. The van der Waals surface area contributed by atoms with Gasteiger partial charge in [-0.3, -0.25) is 14.8 Å². The Kier molecular flexibility index (Phi) is 9.48. The normalized spacial score (nSPS) is 19.9. The first-order valence-electron chi connectivity index (χ1n) is 15.8. The SMILES string of the molecule is COc1cc(N2CCC(C3CCN(CC4CCN(C(=O)OC(C)(C)C)CC4)CC3)CC2)c(-c2cnn(C)c2)cc1[N+](=O)[O-]. The van der Waals surface area contributed by atoms with Crippen LogP contribution in [0, 0.1) is 27.9 Å². The molecule has 3 saturated heterocycles. The third-order valence-corrected chi connectivity index (χ3v) is 9.47. The van der Waals surface area contributed by atoms with Crippen molar-refractivity contribution in [2.45, 2.75) is 64.9 Å². The van der Waals surface area contributed by atoms with Crippen LogP contribution >= 0.6 is 0 Å². The first-order valence-corrected chi connectivity index (χ1v) is 15.8. The second-order valence-corrected chi connectivity index (χ2v) is 13.6. The molecule has 5 rings (SSSR count). The van der Waals surface area contributed by atoms with E-state index in [1.165, 1.54) is 20.0 Å². The van der Waals surface area contributed by atoms with Gasteiger partial charge in [-0.1, -0.05) is 0 Å². The lowest BCUT2D eigenvalue weighted by Gasteiger charge is -2.42. The number of nitro groups is 1. The minimum atomic E-state index is -0.448. The lowest BCUT2D eigenvalue weighted by atomic mass is 9.78. The van der Waals surface area contributed by atoms with E-state index in [1.807, 2.05) is 45.0 Å². The number of amides is 1. The highest BCUT2D eigenvalue weighted by molar-refractivity contribution is 5.82. The Morgan fingerprint density at radius 2 is 1.63 bits per heavy atom. The number of hydrogen-bond acceptors (Lipinski definition) is 8. The first-order chi connectivity index (χ1) is 20.5. The number of carbonyl (C=O) groups excluding carboxylic acids is 1. The molecule has 3 fully saturated rings. The van der Waals surface area contributed by atoms with E-state index in [0.29, 0.717) is 11.8 Å². The molecule has 236 valence electrons. The zero-order valence-corrected chi connectivity index (χ0v) is 26.5. The Balaban J connectivity index is 1.12. The zero-order chi connectivity index (χ0) is 30.7. The Hall–Kier alpha value is -3.34. The van der Waals surface area contributed by atoms with Crippen molar-refractivity contribution in [1.29, 1.82) is 0 Å². The second-order valence-electron chi connectivity index (χ2n) is 13.6. The standard InChI is InChI=1S/C32H48N6O5/c1-32(2,3)43-31(39)37-14-6-23(7-15-37)21-35-12-8-24(9-13-35)25-10-16-36(17-11-25)28-19-30(42-5)29(38(40)41)18-27(28)26-20-33-34(4)22-26/h18-20,22-25H,6-17,21H2,1-5H3. The lowest BCUT2D eigenvalue weighted by Crippen LogP contribution is -2.45. The third kappa shape index (κ3) is 7.60. The van der Waals surface area contributed by atoms with E-state index in [4.69, 9.17) is 9.47 Å². The maximum absolute atomic E-state index is 12.4. The molecule has 0 bridgehead atoms. The molecule has 0 saturated carbocycles. The van der Waals surface area contributed by atoms with Crippen LogP contribution in [-0.2, 0) is 11.8 Å². The fraction of sp³-hybridized carbons (Fsp3) is 0.688. The maximum atomic E-state index is 12.4. The summed E-state index contributed by atoms with van der Waals surface area (Å²) in [7, 11) is 3.34. The molecule has 0 aliphatic carbocycles. The molecule has 4 heterocycles. The number of methoxy groups -OCH3 is 1. The van der Waals surface area contributed by atoms with Crippen molar-refractivity contribution < 1.29 is 19.2 Å². The summed E-state index contributed by atoms with van der Waals surface area (Å²) in [5.41, 5.74) is 2.19. The molecule has 0 atom stereocenters. The van der Waals surface area contributed by atoms with Crippen molar-refractivity contribution in [2.24, 2.45) is 24.8 Å². The van der Waals surface area contributed by atoms with Crippen LogP contribution in [0.4, 0.5) is 16.2 Å². The van der Waals surface area contributed by atoms with Crippen LogP contribution < -0.4 is 9.64 Å². The van der Waals surface area contributed by atoms with E-state index in [-0.39, 0.29) is 22.5 Å². The molecule has 1 aromatic carbocycles. The third-order valence-electron chi connectivity index (χ3n) is 9.47. The molecule has 0 N–H and O–H groups in total. The molecule has 0 spiro atoms.